The van der Waals surface area contributed by atoms with Crippen LogP contribution in [0.15, 0.2) is 42.6 Å². The zero-order chi connectivity index (χ0) is 15.6. The molecule has 0 fully saturated rings. The number of halogens is 4. The Morgan fingerprint density at radius 3 is 2.48 bits per heavy atom. The molecule has 2 rings (SSSR count). The monoisotopic (exact) mass is 297 g/mol. The van der Waals surface area contributed by atoms with Gasteiger partial charge in [-0.2, -0.15) is 13.2 Å². The number of pyridine rings is 1. The lowest BCUT2D eigenvalue weighted by molar-refractivity contribution is -0.140. The summed E-state index contributed by atoms with van der Waals surface area (Å²) in [6, 6.07) is 7.19. The molecule has 0 aliphatic rings. The maximum Gasteiger partial charge on any atom is 0.419 e. The van der Waals surface area contributed by atoms with Crippen LogP contribution in [0.4, 0.5) is 17.6 Å². The largest absolute Gasteiger partial charge is 0.419 e. The predicted octanol–water partition coefficient (Wildman–Crippen LogP) is 4.23. The minimum Gasteiger partial charge on any atom is -0.293 e. The van der Waals surface area contributed by atoms with Gasteiger partial charge < -0.3 is 0 Å². The van der Waals surface area contributed by atoms with Crippen LogP contribution < -0.4 is 0 Å². The molecule has 6 heteroatoms. The van der Waals surface area contributed by atoms with Gasteiger partial charge in [-0.3, -0.25) is 9.78 Å². The molecule has 21 heavy (non-hydrogen) atoms. The van der Waals surface area contributed by atoms with Crippen molar-refractivity contribution in [3.8, 4) is 0 Å². The summed E-state index contributed by atoms with van der Waals surface area (Å²) in [4.78, 5) is 16.2. The van der Waals surface area contributed by atoms with Crippen molar-refractivity contribution in [1.29, 1.82) is 0 Å². The van der Waals surface area contributed by atoms with Gasteiger partial charge in [-0.25, -0.2) is 4.39 Å². The third-order valence-electron chi connectivity index (χ3n) is 3.08. The average molecular weight is 297 g/mol. The van der Waals surface area contributed by atoms with Crippen LogP contribution in [-0.2, 0) is 6.18 Å². The van der Waals surface area contributed by atoms with Crippen molar-refractivity contribution in [2.24, 2.45) is 0 Å². The Morgan fingerprint density at radius 1 is 1.19 bits per heavy atom. The molecule has 1 heterocycles. The fraction of sp³-hybridized carbons (Fsp3) is 0.200. The Bertz CT molecular complexity index is 652. The Hall–Kier alpha value is -2.24. The van der Waals surface area contributed by atoms with Crippen LogP contribution in [-0.4, -0.2) is 10.8 Å². The van der Waals surface area contributed by atoms with E-state index in [1.165, 1.54) is 6.20 Å². The van der Waals surface area contributed by atoms with Gasteiger partial charge in [0, 0.05) is 11.8 Å². The summed E-state index contributed by atoms with van der Waals surface area (Å²) in [5.74, 6) is -2.65. The van der Waals surface area contributed by atoms with Gasteiger partial charge in [0.15, 0.2) is 5.78 Å². The maximum absolute atomic E-state index is 13.2. The van der Waals surface area contributed by atoms with Crippen LogP contribution in [0.2, 0.25) is 0 Å². The molecule has 0 radical (unpaired) electrons. The zero-order valence-electron chi connectivity index (χ0n) is 11.0. The van der Waals surface area contributed by atoms with E-state index in [-0.39, 0.29) is 5.56 Å². The third-order valence-corrected chi connectivity index (χ3v) is 3.08. The van der Waals surface area contributed by atoms with E-state index in [4.69, 9.17) is 0 Å². The van der Waals surface area contributed by atoms with Crippen molar-refractivity contribution in [1.82, 2.24) is 4.98 Å². The first-order valence-corrected chi connectivity index (χ1v) is 6.12. The molecule has 0 aliphatic heterocycles. The van der Waals surface area contributed by atoms with E-state index in [1.54, 1.807) is 25.1 Å². The van der Waals surface area contributed by atoms with Crippen LogP contribution >= 0.6 is 0 Å². The summed E-state index contributed by atoms with van der Waals surface area (Å²) in [5.41, 5.74) is -1.19. The van der Waals surface area contributed by atoms with Crippen molar-refractivity contribution in [3.05, 3.63) is 65.2 Å². The Morgan fingerprint density at radius 2 is 1.90 bits per heavy atom. The standard InChI is InChI=1S/C15H11F4NO/c1-9(13-4-2-3-7-20-13)14(21)10-5-6-12(16)11(8-10)15(17,18)19/h2-9H,1H3. The molecule has 0 aliphatic carbocycles. The smallest absolute Gasteiger partial charge is 0.293 e. The number of rotatable bonds is 3. The molecular formula is C15H11F4NO. The third kappa shape index (κ3) is 3.26. The first kappa shape index (κ1) is 15.2. The zero-order valence-corrected chi connectivity index (χ0v) is 11.0. The number of benzene rings is 1. The van der Waals surface area contributed by atoms with E-state index in [9.17, 15) is 22.4 Å². The van der Waals surface area contributed by atoms with Crippen molar-refractivity contribution >= 4 is 5.78 Å². The number of alkyl halides is 3. The van der Waals surface area contributed by atoms with Crippen LogP contribution in [0.25, 0.3) is 0 Å². The van der Waals surface area contributed by atoms with E-state index in [0.29, 0.717) is 17.8 Å². The average Bonchev–Trinajstić information content (AvgIpc) is 2.46. The molecule has 110 valence electrons. The van der Waals surface area contributed by atoms with E-state index in [2.05, 4.69) is 4.98 Å². The van der Waals surface area contributed by atoms with Crippen LogP contribution in [0.5, 0.6) is 0 Å². The molecule has 0 bridgehead atoms. The quantitative estimate of drug-likeness (QED) is 0.627. The molecule has 2 nitrogen and oxygen atoms in total. The van der Waals surface area contributed by atoms with E-state index in [0.717, 1.165) is 6.07 Å². The van der Waals surface area contributed by atoms with Crippen molar-refractivity contribution < 1.29 is 22.4 Å². The van der Waals surface area contributed by atoms with E-state index < -0.39 is 29.3 Å². The second-order valence-electron chi connectivity index (χ2n) is 4.53. The number of Topliss-reactive ketones (excluding diaryl/α,β-unsaturated/α-hetero) is 1. The lowest BCUT2D eigenvalue weighted by Gasteiger charge is -2.13. The van der Waals surface area contributed by atoms with Gasteiger partial charge in [0.1, 0.15) is 5.82 Å². The minimum absolute atomic E-state index is 0.193. The number of hydrogen-bond acceptors (Lipinski definition) is 2. The normalized spacial score (nSPS) is 13.0. The first-order chi connectivity index (χ1) is 9.80. The Balaban J connectivity index is 2.36. The van der Waals surface area contributed by atoms with Gasteiger partial charge in [0.05, 0.1) is 17.2 Å². The van der Waals surface area contributed by atoms with Crippen LogP contribution in [0.3, 0.4) is 0 Å². The summed E-state index contributed by atoms with van der Waals surface area (Å²) < 4.78 is 51.2. The van der Waals surface area contributed by atoms with Crippen molar-refractivity contribution in [2.45, 2.75) is 19.0 Å². The molecule has 0 saturated carbocycles. The summed E-state index contributed by atoms with van der Waals surface area (Å²) >= 11 is 0. The highest BCUT2D eigenvalue weighted by Crippen LogP contribution is 2.32. The number of hydrogen-bond donors (Lipinski definition) is 0. The summed E-state index contributed by atoms with van der Waals surface area (Å²) in [6.07, 6.45) is -3.35. The predicted molar refractivity (Wildman–Crippen MR) is 68.4 cm³/mol. The second-order valence-corrected chi connectivity index (χ2v) is 4.53. The van der Waals surface area contributed by atoms with Gasteiger partial charge in [-0.1, -0.05) is 6.07 Å². The number of ketones is 1. The number of carbonyl (C=O) groups is 1. The van der Waals surface area contributed by atoms with E-state index >= 15 is 0 Å². The SMILES string of the molecule is CC(C(=O)c1ccc(F)c(C(F)(F)F)c1)c1ccccn1. The lowest BCUT2D eigenvalue weighted by Crippen LogP contribution is -2.14. The number of nitrogens with zero attached hydrogens (tertiary/aromatic N) is 1. The molecule has 1 unspecified atom stereocenters. The summed E-state index contributed by atoms with van der Waals surface area (Å²) in [6.45, 7) is 1.54. The lowest BCUT2D eigenvalue weighted by atomic mass is 9.94. The summed E-state index contributed by atoms with van der Waals surface area (Å²) in [7, 11) is 0. The molecule has 0 amide bonds. The molecule has 1 aromatic heterocycles. The summed E-state index contributed by atoms with van der Waals surface area (Å²) in [5, 5.41) is 0. The van der Waals surface area contributed by atoms with Gasteiger partial charge in [0.2, 0.25) is 0 Å². The maximum atomic E-state index is 13.2. The Kier molecular flexibility index (Phi) is 4.06. The molecule has 1 aromatic carbocycles. The molecular weight excluding hydrogens is 286 g/mol. The molecule has 2 aromatic rings. The van der Waals surface area contributed by atoms with Gasteiger partial charge in [0.25, 0.3) is 0 Å². The molecule has 1 atom stereocenters. The van der Waals surface area contributed by atoms with E-state index in [1.807, 2.05) is 0 Å². The molecule has 0 N–H and O–H groups in total. The van der Waals surface area contributed by atoms with Gasteiger partial charge in [-0.05, 0) is 37.3 Å². The fourth-order valence-electron chi connectivity index (χ4n) is 1.91. The highest BCUT2D eigenvalue weighted by atomic mass is 19.4. The topological polar surface area (TPSA) is 30.0 Å². The van der Waals surface area contributed by atoms with Crippen molar-refractivity contribution in [3.63, 3.8) is 0 Å². The number of aromatic nitrogens is 1. The minimum atomic E-state index is -4.84. The Labute approximate surface area is 118 Å². The fourth-order valence-corrected chi connectivity index (χ4v) is 1.91. The van der Waals surface area contributed by atoms with Gasteiger partial charge >= 0.3 is 6.18 Å². The number of carbonyl (C=O) groups excluding carboxylic acids is 1. The first-order valence-electron chi connectivity index (χ1n) is 6.12. The highest BCUT2D eigenvalue weighted by molar-refractivity contribution is 6.00. The second kappa shape index (κ2) is 5.63. The molecule has 0 spiro atoms. The van der Waals surface area contributed by atoms with Crippen molar-refractivity contribution in [2.75, 3.05) is 0 Å². The van der Waals surface area contributed by atoms with Crippen LogP contribution in [0, 0.1) is 5.82 Å². The van der Waals surface area contributed by atoms with Crippen LogP contribution in [0.1, 0.15) is 34.5 Å². The molecule has 0 saturated heterocycles. The van der Waals surface area contributed by atoms with Gasteiger partial charge in [-0.15, -0.1) is 0 Å². The highest BCUT2D eigenvalue weighted by Gasteiger charge is 2.35.